The molecule has 7 nitrogen and oxygen atoms in total. The van der Waals surface area contributed by atoms with Gasteiger partial charge >= 0.3 is 0 Å². The molecule has 0 bridgehead atoms. The van der Waals surface area contributed by atoms with Gasteiger partial charge in [0.25, 0.3) is 0 Å². The van der Waals surface area contributed by atoms with E-state index >= 15 is 0 Å². The van der Waals surface area contributed by atoms with Crippen molar-refractivity contribution < 1.29 is 18.0 Å². The van der Waals surface area contributed by atoms with Gasteiger partial charge in [0.2, 0.25) is 21.8 Å². The summed E-state index contributed by atoms with van der Waals surface area (Å²) in [5.41, 5.74) is 4.49. The van der Waals surface area contributed by atoms with Crippen molar-refractivity contribution >= 4 is 43.5 Å². The van der Waals surface area contributed by atoms with Crippen LogP contribution in [-0.4, -0.2) is 50.5 Å². The van der Waals surface area contributed by atoms with Gasteiger partial charge < -0.3 is 10.2 Å². The first-order valence-corrected chi connectivity index (χ1v) is 16.0. The molecule has 0 aliphatic heterocycles. The molecule has 0 saturated carbocycles. The average Bonchev–Trinajstić information content (AvgIpc) is 2.91. The zero-order valence-corrected chi connectivity index (χ0v) is 26.0. The summed E-state index contributed by atoms with van der Waals surface area (Å²) < 4.78 is 27.6. The maximum Gasteiger partial charge on any atom is 0.243 e. The highest BCUT2D eigenvalue weighted by Crippen LogP contribution is 2.23. The minimum Gasteiger partial charge on any atom is -0.355 e. The predicted molar refractivity (Wildman–Crippen MR) is 165 cm³/mol. The Labute approximate surface area is 246 Å². The smallest absolute Gasteiger partial charge is 0.243 e. The first-order valence-electron chi connectivity index (χ1n) is 13.4. The number of hydrogen-bond donors (Lipinski definition) is 1. The highest BCUT2D eigenvalue weighted by atomic mass is 79.9. The van der Waals surface area contributed by atoms with E-state index in [0.717, 1.165) is 26.7 Å². The summed E-state index contributed by atoms with van der Waals surface area (Å²) in [6.07, 6.45) is 1.95. The fraction of sp³-hybridized carbons (Fsp3) is 0.355. The van der Waals surface area contributed by atoms with Crippen LogP contribution in [0.2, 0.25) is 0 Å². The zero-order valence-electron chi connectivity index (χ0n) is 23.6. The monoisotopic (exact) mass is 627 g/mol. The van der Waals surface area contributed by atoms with Crippen LogP contribution in [0.15, 0.2) is 77.3 Å². The molecule has 0 fully saturated rings. The second kappa shape index (κ2) is 14.5. The van der Waals surface area contributed by atoms with E-state index in [2.05, 4.69) is 21.2 Å². The van der Waals surface area contributed by atoms with Crippen molar-refractivity contribution in [2.75, 3.05) is 23.7 Å². The molecule has 1 atom stereocenters. The van der Waals surface area contributed by atoms with E-state index in [1.807, 2.05) is 87.5 Å². The molecule has 1 N–H and O–H groups in total. The minimum atomic E-state index is -3.56. The maximum absolute atomic E-state index is 13.8. The summed E-state index contributed by atoms with van der Waals surface area (Å²) in [7, 11) is -3.56. The third-order valence-electron chi connectivity index (χ3n) is 6.82. The molecule has 0 aliphatic rings. The second-order valence-electron chi connectivity index (χ2n) is 9.96. The van der Waals surface area contributed by atoms with Crippen molar-refractivity contribution in [3.8, 4) is 0 Å². The number of anilines is 1. The Morgan fingerprint density at radius 2 is 1.60 bits per heavy atom. The second-order valence-corrected chi connectivity index (χ2v) is 12.8. The summed E-state index contributed by atoms with van der Waals surface area (Å²) in [4.78, 5) is 28.7. The lowest BCUT2D eigenvalue weighted by atomic mass is 10.0. The highest BCUT2D eigenvalue weighted by molar-refractivity contribution is 9.10. The summed E-state index contributed by atoms with van der Waals surface area (Å²) >= 11 is 3.45. The van der Waals surface area contributed by atoms with Gasteiger partial charge in [-0.25, -0.2) is 8.42 Å². The lowest BCUT2D eigenvalue weighted by Crippen LogP contribution is -2.50. The molecule has 214 valence electrons. The van der Waals surface area contributed by atoms with E-state index in [1.54, 1.807) is 11.0 Å². The van der Waals surface area contributed by atoms with Crippen LogP contribution in [-0.2, 0) is 32.6 Å². The predicted octanol–water partition coefficient (Wildman–Crippen LogP) is 5.39. The Morgan fingerprint density at radius 1 is 0.925 bits per heavy atom. The fourth-order valence-corrected chi connectivity index (χ4v) is 5.74. The summed E-state index contributed by atoms with van der Waals surface area (Å²) in [6.45, 7) is 6.63. The van der Waals surface area contributed by atoms with Crippen LogP contribution in [0.4, 0.5) is 5.69 Å². The van der Waals surface area contributed by atoms with Crippen LogP contribution >= 0.6 is 15.9 Å². The van der Waals surface area contributed by atoms with Gasteiger partial charge in [0.05, 0.1) is 11.9 Å². The zero-order chi connectivity index (χ0) is 29.3. The molecule has 3 rings (SSSR count). The van der Waals surface area contributed by atoms with Crippen molar-refractivity contribution in [3.05, 3.63) is 99.5 Å². The number of carbonyl (C=O) groups excluding carboxylic acids is 2. The van der Waals surface area contributed by atoms with Crippen LogP contribution in [0.1, 0.15) is 42.0 Å². The number of likely N-dealkylation sites (N-methyl/N-ethyl adjacent to an activating group) is 1. The quantitative estimate of drug-likeness (QED) is 0.275. The number of carbonyl (C=O) groups is 2. The van der Waals surface area contributed by atoms with Gasteiger partial charge in [-0.05, 0) is 73.7 Å². The van der Waals surface area contributed by atoms with Gasteiger partial charge in [-0.15, -0.1) is 0 Å². The number of hydrogen-bond acceptors (Lipinski definition) is 4. The molecular formula is C31H38BrN3O4S. The number of amides is 2. The molecule has 0 heterocycles. The third kappa shape index (κ3) is 8.93. The lowest BCUT2D eigenvalue weighted by Gasteiger charge is -2.32. The molecular weight excluding hydrogens is 590 g/mol. The van der Waals surface area contributed by atoms with Crippen LogP contribution in [0, 0.1) is 13.8 Å². The third-order valence-corrected chi connectivity index (χ3v) is 8.54. The summed E-state index contributed by atoms with van der Waals surface area (Å²) in [5, 5.41) is 2.89. The van der Waals surface area contributed by atoms with E-state index < -0.39 is 16.1 Å². The molecule has 0 saturated heterocycles. The number of halogens is 1. The number of sulfonamides is 1. The summed E-state index contributed by atoms with van der Waals surface area (Å²) in [5.74, 6) is -0.423. The molecule has 0 unspecified atom stereocenters. The van der Waals surface area contributed by atoms with Crippen molar-refractivity contribution in [1.82, 2.24) is 10.2 Å². The van der Waals surface area contributed by atoms with Gasteiger partial charge in [-0.3, -0.25) is 13.9 Å². The van der Waals surface area contributed by atoms with Crippen molar-refractivity contribution in [3.63, 3.8) is 0 Å². The van der Waals surface area contributed by atoms with Crippen LogP contribution in [0.3, 0.4) is 0 Å². The first-order chi connectivity index (χ1) is 19.0. The van der Waals surface area contributed by atoms with E-state index in [9.17, 15) is 18.0 Å². The average molecular weight is 629 g/mol. The highest BCUT2D eigenvalue weighted by Gasteiger charge is 2.30. The minimum absolute atomic E-state index is 0.0953. The Hall–Kier alpha value is -3.17. The van der Waals surface area contributed by atoms with Gasteiger partial charge in [-0.2, -0.15) is 0 Å². The first kappa shape index (κ1) is 31.4. The Kier molecular flexibility index (Phi) is 11.3. The maximum atomic E-state index is 13.8. The number of aryl methyl sites for hydroxylation is 2. The Morgan fingerprint density at radius 3 is 2.20 bits per heavy atom. The van der Waals surface area contributed by atoms with Crippen molar-refractivity contribution in [2.45, 2.75) is 52.6 Å². The largest absolute Gasteiger partial charge is 0.355 e. The number of nitrogens with zero attached hydrogens (tertiary/aromatic N) is 2. The topological polar surface area (TPSA) is 86.8 Å². The standard InChI is InChI=1S/C31H38BrN3O4S/c1-5-33-31(37)29(21-25-10-7-6-8-11-25)34(22-26-14-16-27(32)17-15-26)30(36)12-9-19-35(40(4,38)39)28-18-13-23(2)24(3)20-28/h6-8,10-11,13-18,20,29H,5,9,12,19,21-22H2,1-4H3,(H,33,37)/t29-/m0/s1. The van der Waals surface area contributed by atoms with Crippen LogP contribution in [0.25, 0.3) is 0 Å². The number of rotatable bonds is 13. The lowest BCUT2D eigenvalue weighted by molar-refractivity contribution is -0.141. The SMILES string of the molecule is CCNC(=O)[C@H](Cc1ccccc1)N(Cc1ccc(Br)cc1)C(=O)CCCN(c1ccc(C)c(C)c1)S(C)(=O)=O. The summed E-state index contributed by atoms with van der Waals surface area (Å²) in [6, 6.07) is 22.1. The van der Waals surface area contributed by atoms with Gasteiger partial charge in [0, 0.05) is 36.9 Å². The van der Waals surface area contributed by atoms with Crippen molar-refractivity contribution in [1.29, 1.82) is 0 Å². The normalized spacial score (nSPS) is 12.0. The number of nitrogens with one attached hydrogen (secondary N) is 1. The molecule has 40 heavy (non-hydrogen) atoms. The Bertz CT molecular complexity index is 1400. The van der Waals surface area contributed by atoms with E-state index in [-0.39, 0.29) is 31.3 Å². The van der Waals surface area contributed by atoms with Gasteiger partial charge in [-0.1, -0.05) is 64.5 Å². The molecule has 3 aromatic rings. The van der Waals surface area contributed by atoms with E-state index in [4.69, 9.17) is 0 Å². The fourth-order valence-electron chi connectivity index (χ4n) is 4.52. The number of benzene rings is 3. The van der Waals surface area contributed by atoms with Crippen LogP contribution < -0.4 is 9.62 Å². The molecule has 0 spiro atoms. The molecule has 2 amide bonds. The molecule has 0 aliphatic carbocycles. The molecule has 0 aromatic heterocycles. The molecule has 9 heteroatoms. The van der Waals surface area contributed by atoms with E-state index in [1.165, 1.54) is 10.6 Å². The Balaban J connectivity index is 1.86. The van der Waals surface area contributed by atoms with Crippen molar-refractivity contribution in [2.24, 2.45) is 0 Å². The van der Waals surface area contributed by atoms with E-state index in [0.29, 0.717) is 25.1 Å². The van der Waals surface area contributed by atoms with Gasteiger partial charge in [0.1, 0.15) is 6.04 Å². The van der Waals surface area contributed by atoms with Crippen LogP contribution in [0.5, 0.6) is 0 Å². The molecule has 3 aromatic carbocycles. The molecule has 0 radical (unpaired) electrons. The van der Waals surface area contributed by atoms with Gasteiger partial charge in [0.15, 0.2) is 0 Å².